The van der Waals surface area contributed by atoms with Crippen LogP contribution < -0.4 is 5.32 Å². The van der Waals surface area contributed by atoms with Crippen molar-refractivity contribution in [1.29, 1.82) is 0 Å². The molecule has 0 unspecified atom stereocenters. The van der Waals surface area contributed by atoms with Gasteiger partial charge in [-0.1, -0.05) is 6.07 Å². The van der Waals surface area contributed by atoms with E-state index in [0.29, 0.717) is 17.1 Å². The molecule has 0 aliphatic heterocycles. The largest absolute Gasteiger partial charge is 0.350 e. The number of Topliss-reactive ketones (excluding diaryl/α,β-unsaturated/α-hetero) is 1. The Morgan fingerprint density at radius 3 is 2.82 bits per heavy atom. The highest BCUT2D eigenvalue weighted by Crippen LogP contribution is 2.29. The van der Waals surface area contributed by atoms with Gasteiger partial charge in [-0.3, -0.25) is 4.79 Å². The van der Waals surface area contributed by atoms with Crippen LogP contribution in [0.25, 0.3) is 10.9 Å². The molecule has 0 fully saturated rings. The van der Waals surface area contributed by atoms with Crippen molar-refractivity contribution in [1.82, 2.24) is 9.55 Å². The van der Waals surface area contributed by atoms with E-state index >= 15 is 0 Å². The Morgan fingerprint density at radius 2 is 2.09 bits per heavy atom. The quantitative estimate of drug-likeness (QED) is 0.744. The third kappa shape index (κ3) is 2.35. The fourth-order valence-electron chi connectivity index (χ4n) is 2.53. The number of nitrogens with one attached hydrogen (secondary N) is 1. The van der Waals surface area contributed by atoms with Crippen LogP contribution in [0.15, 0.2) is 36.7 Å². The Morgan fingerprint density at radius 1 is 1.32 bits per heavy atom. The van der Waals surface area contributed by atoms with Crippen molar-refractivity contribution in [2.45, 2.75) is 13.8 Å². The lowest BCUT2D eigenvalue weighted by Gasteiger charge is -2.11. The van der Waals surface area contributed by atoms with Gasteiger partial charge in [0, 0.05) is 30.5 Å². The first-order valence-electron chi connectivity index (χ1n) is 6.95. The number of hydrogen-bond acceptors (Lipinski definition) is 3. The minimum atomic E-state index is -0.308. The standard InChI is InChI=1S/C17H16FN3O/c1-10-4-5-12(18)8-15(10)20-17-13-6-7-21(3)16(13)14(9-19-17)11(2)22/h4-9H,1-3H3,(H,19,20). The van der Waals surface area contributed by atoms with Crippen molar-refractivity contribution in [3.8, 4) is 0 Å². The van der Waals surface area contributed by atoms with Gasteiger partial charge in [-0.2, -0.15) is 0 Å². The second-order valence-corrected chi connectivity index (χ2v) is 5.35. The minimum absolute atomic E-state index is 0.0345. The van der Waals surface area contributed by atoms with Crippen molar-refractivity contribution in [3.63, 3.8) is 0 Å². The smallest absolute Gasteiger partial charge is 0.163 e. The highest BCUT2D eigenvalue weighted by atomic mass is 19.1. The van der Waals surface area contributed by atoms with E-state index in [4.69, 9.17) is 0 Å². The maximum Gasteiger partial charge on any atom is 0.163 e. The first-order valence-corrected chi connectivity index (χ1v) is 6.95. The molecule has 0 aliphatic carbocycles. The molecular weight excluding hydrogens is 281 g/mol. The second kappa shape index (κ2) is 5.26. The summed E-state index contributed by atoms with van der Waals surface area (Å²) in [6.07, 6.45) is 3.43. The molecule has 2 aromatic heterocycles. The van der Waals surface area contributed by atoms with E-state index in [2.05, 4.69) is 10.3 Å². The molecule has 1 N–H and O–H groups in total. The number of halogens is 1. The van der Waals surface area contributed by atoms with Crippen molar-refractivity contribution < 1.29 is 9.18 Å². The fraction of sp³-hybridized carbons (Fsp3) is 0.176. The van der Waals surface area contributed by atoms with Gasteiger partial charge in [0.1, 0.15) is 11.6 Å². The molecular formula is C17H16FN3O. The summed E-state index contributed by atoms with van der Waals surface area (Å²) in [5.41, 5.74) is 2.97. The maximum absolute atomic E-state index is 13.4. The zero-order valence-corrected chi connectivity index (χ0v) is 12.6. The van der Waals surface area contributed by atoms with Gasteiger partial charge in [0.05, 0.1) is 11.1 Å². The van der Waals surface area contributed by atoms with E-state index in [-0.39, 0.29) is 11.6 Å². The maximum atomic E-state index is 13.4. The number of anilines is 2. The van der Waals surface area contributed by atoms with E-state index in [1.807, 2.05) is 30.8 Å². The van der Waals surface area contributed by atoms with Crippen LogP contribution in [0.1, 0.15) is 22.8 Å². The summed E-state index contributed by atoms with van der Waals surface area (Å²) in [4.78, 5) is 16.1. The van der Waals surface area contributed by atoms with Gasteiger partial charge in [0.15, 0.2) is 5.78 Å². The number of pyridine rings is 1. The Bertz CT molecular complexity index is 883. The molecule has 3 aromatic rings. The van der Waals surface area contributed by atoms with E-state index in [1.165, 1.54) is 19.1 Å². The van der Waals surface area contributed by atoms with E-state index in [9.17, 15) is 9.18 Å². The second-order valence-electron chi connectivity index (χ2n) is 5.35. The zero-order chi connectivity index (χ0) is 15.9. The number of benzene rings is 1. The predicted molar refractivity (Wildman–Crippen MR) is 85.1 cm³/mol. The molecule has 112 valence electrons. The number of fused-ring (bicyclic) bond motifs is 1. The van der Waals surface area contributed by atoms with Gasteiger partial charge in [0.2, 0.25) is 0 Å². The van der Waals surface area contributed by atoms with Gasteiger partial charge in [-0.25, -0.2) is 9.37 Å². The van der Waals surface area contributed by atoms with Crippen LogP contribution in [-0.2, 0) is 7.05 Å². The Labute approximate surface area is 127 Å². The molecule has 0 aliphatic rings. The third-order valence-electron chi connectivity index (χ3n) is 3.74. The minimum Gasteiger partial charge on any atom is -0.350 e. The number of rotatable bonds is 3. The Kier molecular flexibility index (Phi) is 3.41. The summed E-state index contributed by atoms with van der Waals surface area (Å²) in [6, 6.07) is 6.46. The first kappa shape index (κ1) is 14.3. The highest BCUT2D eigenvalue weighted by molar-refractivity contribution is 6.08. The lowest BCUT2D eigenvalue weighted by Crippen LogP contribution is -2.02. The molecule has 0 radical (unpaired) electrons. The molecule has 2 heterocycles. The average Bonchev–Trinajstić information content (AvgIpc) is 2.86. The van der Waals surface area contributed by atoms with E-state index in [0.717, 1.165) is 16.5 Å². The van der Waals surface area contributed by atoms with Crippen LogP contribution >= 0.6 is 0 Å². The third-order valence-corrected chi connectivity index (χ3v) is 3.74. The summed E-state index contributed by atoms with van der Waals surface area (Å²) >= 11 is 0. The monoisotopic (exact) mass is 297 g/mol. The number of carbonyl (C=O) groups excluding carboxylic acids is 1. The first-order chi connectivity index (χ1) is 10.5. The van der Waals surface area contributed by atoms with Crippen LogP contribution in [0, 0.1) is 12.7 Å². The lowest BCUT2D eigenvalue weighted by molar-refractivity contribution is 0.101. The highest BCUT2D eigenvalue weighted by Gasteiger charge is 2.14. The molecule has 0 saturated heterocycles. The molecule has 22 heavy (non-hydrogen) atoms. The van der Waals surface area contributed by atoms with Gasteiger partial charge >= 0.3 is 0 Å². The molecule has 0 spiro atoms. The summed E-state index contributed by atoms with van der Waals surface area (Å²) in [7, 11) is 1.88. The number of aryl methyl sites for hydroxylation is 2. The van der Waals surface area contributed by atoms with Crippen molar-refractivity contribution in [2.24, 2.45) is 7.05 Å². The Hall–Kier alpha value is -2.69. The van der Waals surface area contributed by atoms with Gasteiger partial charge in [-0.05, 0) is 37.6 Å². The summed E-state index contributed by atoms with van der Waals surface area (Å²) in [5.74, 6) is 0.264. The van der Waals surface area contributed by atoms with Crippen LogP contribution in [0.5, 0.6) is 0 Å². The van der Waals surface area contributed by atoms with Crippen LogP contribution in [0.2, 0.25) is 0 Å². The topological polar surface area (TPSA) is 46.9 Å². The normalized spacial score (nSPS) is 10.9. The number of ketones is 1. The number of aromatic nitrogens is 2. The van der Waals surface area contributed by atoms with Gasteiger partial charge < -0.3 is 9.88 Å². The molecule has 0 saturated carbocycles. The molecule has 1 aromatic carbocycles. The zero-order valence-electron chi connectivity index (χ0n) is 12.6. The summed E-state index contributed by atoms with van der Waals surface area (Å²) < 4.78 is 15.3. The molecule has 0 bridgehead atoms. The van der Waals surface area contributed by atoms with Crippen molar-refractivity contribution in [3.05, 3.63) is 53.6 Å². The molecule has 4 nitrogen and oxygen atoms in total. The van der Waals surface area contributed by atoms with E-state index < -0.39 is 0 Å². The van der Waals surface area contributed by atoms with Gasteiger partial charge in [-0.15, -0.1) is 0 Å². The van der Waals surface area contributed by atoms with Crippen molar-refractivity contribution >= 4 is 28.2 Å². The van der Waals surface area contributed by atoms with Crippen molar-refractivity contribution in [2.75, 3.05) is 5.32 Å². The SMILES string of the molecule is CC(=O)c1cnc(Nc2cc(F)ccc2C)c2ccn(C)c12. The number of hydrogen-bond donors (Lipinski definition) is 1. The van der Waals surface area contributed by atoms with E-state index in [1.54, 1.807) is 12.3 Å². The summed E-state index contributed by atoms with van der Waals surface area (Å²) in [6.45, 7) is 3.42. The van der Waals surface area contributed by atoms with Crippen LogP contribution in [0.4, 0.5) is 15.9 Å². The number of carbonyl (C=O) groups is 1. The summed E-state index contributed by atoms with van der Waals surface area (Å²) in [5, 5.41) is 3.99. The average molecular weight is 297 g/mol. The van der Waals surface area contributed by atoms with Crippen LogP contribution in [-0.4, -0.2) is 15.3 Å². The van der Waals surface area contributed by atoms with Crippen LogP contribution in [0.3, 0.4) is 0 Å². The molecule has 0 amide bonds. The molecule has 3 rings (SSSR count). The number of nitrogens with zero attached hydrogens (tertiary/aromatic N) is 2. The Balaban J connectivity index is 2.15. The lowest BCUT2D eigenvalue weighted by atomic mass is 10.1. The molecule has 0 atom stereocenters. The van der Waals surface area contributed by atoms with Gasteiger partial charge in [0.25, 0.3) is 0 Å². The fourth-order valence-corrected chi connectivity index (χ4v) is 2.53. The predicted octanol–water partition coefficient (Wildman–Crippen LogP) is 3.97. The molecule has 5 heteroatoms.